The van der Waals surface area contributed by atoms with Gasteiger partial charge in [0, 0.05) is 30.2 Å². The quantitative estimate of drug-likeness (QED) is 0.749. The van der Waals surface area contributed by atoms with Crippen molar-refractivity contribution in [2.24, 2.45) is 0 Å². The molecule has 0 unspecified atom stereocenters. The first-order valence-corrected chi connectivity index (χ1v) is 7.81. The van der Waals surface area contributed by atoms with E-state index in [4.69, 9.17) is 9.47 Å². The van der Waals surface area contributed by atoms with Gasteiger partial charge in [-0.3, -0.25) is 9.36 Å². The largest absolute Gasteiger partial charge is 0.497 e. The van der Waals surface area contributed by atoms with Crippen molar-refractivity contribution in [1.29, 1.82) is 0 Å². The minimum absolute atomic E-state index is 0.220. The lowest BCUT2D eigenvalue weighted by molar-refractivity contribution is 0.410. The van der Waals surface area contributed by atoms with Crippen molar-refractivity contribution in [1.82, 2.24) is 9.55 Å². The minimum atomic E-state index is -0.220. The van der Waals surface area contributed by atoms with Crippen molar-refractivity contribution in [3.05, 3.63) is 76.8 Å². The Hall–Kier alpha value is -3.28. The van der Waals surface area contributed by atoms with Gasteiger partial charge in [-0.1, -0.05) is 18.2 Å². The highest BCUT2D eigenvalue weighted by molar-refractivity contribution is 5.42. The number of hydrogen-bond donors (Lipinski definition) is 1. The number of rotatable bonds is 6. The number of nitrogens with one attached hydrogen (secondary N) is 1. The minimum Gasteiger partial charge on any atom is -0.497 e. The van der Waals surface area contributed by atoms with E-state index in [1.165, 1.54) is 4.57 Å². The smallest absolute Gasteiger partial charge is 0.297 e. The van der Waals surface area contributed by atoms with Gasteiger partial charge in [-0.2, -0.15) is 0 Å². The molecule has 0 amide bonds. The molecule has 0 aliphatic carbocycles. The van der Waals surface area contributed by atoms with Gasteiger partial charge in [0.15, 0.2) is 5.82 Å². The van der Waals surface area contributed by atoms with Crippen molar-refractivity contribution < 1.29 is 9.47 Å². The van der Waals surface area contributed by atoms with E-state index in [9.17, 15) is 4.79 Å². The lowest BCUT2D eigenvalue weighted by Crippen LogP contribution is -2.23. The van der Waals surface area contributed by atoms with Crippen LogP contribution in [0.5, 0.6) is 11.5 Å². The van der Waals surface area contributed by atoms with E-state index in [0.29, 0.717) is 6.54 Å². The summed E-state index contributed by atoms with van der Waals surface area (Å²) >= 11 is 0. The highest BCUT2D eigenvalue weighted by atomic mass is 16.5. The molecule has 0 fully saturated rings. The van der Waals surface area contributed by atoms with E-state index in [1.54, 1.807) is 26.6 Å². The Balaban J connectivity index is 1.84. The molecule has 1 heterocycles. The van der Waals surface area contributed by atoms with Crippen molar-refractivity contribution in [2.75, 3.05) is 19.5 Å². The van der Waals surface area contributed by atoms with E-state index in [0.717, 1.165) is 22.7 Å². The second-order valence-electron chi connectivity index (χ2n) is 5.31. The van der Waals surface area contributed by atoms with Crippen molar-refractivity contribution in [3.63, 3.8) is 0 Å². The molecule has 0 saturated carbocycles. The Bertz CT molecular complexity index is 904. The van der Waals surface area contributed by atoms with Crippen LogP contribution >= 0.6 is 0 Å². The first-order valence-electron chi connectivity index (χ1n) is 7.81. The zero-order valence-electron chi connectivity index (χ0n) is 14.1. The van der Waals surface area contributed by atoms with Gasteiger partial charge in [0.25, 0.3) is 5.56 Å². The Morgan fingerprint density at radius 2 is 1.80 bits per heavy atom. The Labute approximate surface area is 145 Å². The van der Waals surface area contributed by atoms with Crippen molar-refractivity contribution >= 4 is 5.82 Å². The number of benzene rings is 2. The van der Waals surface area contributed by atoms with E-state index >= 15 is 0 Å². The second kappa shape index (κ2) is 7.53. The van der Waals surface area contributed by atoms with Crippen LogP contribution in [0.4, 0.5) is 5.82 Å². The standard InChI is InChI=1S/C19H19N3O3/c1-24-16-9-7-15(8-10-16)22-12-11-20-18(19(22)23)21-13-14-5-3-4-6-17(14)25-2/h3-12H,13H2,1-2H3,(H,20,21). The molecule has 1 N–H and O–H groups in total. The molecular formula is C19H19N3O3. The average Bonchev–Trinajstić information content (AvgIpc) is 2.67. The summed E-state index contributed by atoms with van der Waals surface area (Å²) in [6, 6.07) is 14.9. The van der Waals surface area contributed by atoms with E-state index in [1.807, 2.05) is 48.5 Å². The first kappa shape index (κ1) is 16.6. The fraction of sp³-hybridized carbons (Fsp3) is 0.158. The van der Waals surface area contributed by atoms with E-state index in [2.05, 4.69) is 10.3 Å². The first-order chi connectivity index (χ1) is 12.2. The molecule has 0 aliphatic heterocycles. The topological polar surface area (TPSA) is 65.4 Å². The molecular weight excluding hydrogens is 318 g/mol. The molecule has 6 nitrogen and oxygen atoms in total. The van der Waals surface area contributed by atoms with Gasteiger partial charge in [0.1, 0.15) is 11.5 Å². The molecule has 0 spiro atoms. The molecule has 2 aromatic carbocycles. The molecule has 6 heteroatoms. The fourth-order valence-electron chi connectivity index (χ4n) is 2.51. The summed E-state index contributed by atoms with van der Waals surface area (Å²) < 4.78 is 12.0. The van der Waals surface area contributed by atoms with Crippen LogP contribution in [0, 0.1) is 0 Å². The van der Waals surface area contributed by atoms with Crippen LogP contribution in [-0.4, -0.2) is 23.8 Å². The van der Waals surface area contributed by atoms with Gasteiger partial charge in [0.2, 0.25) is 0 Å². The maximum atomic E-state index is 12.7. The molecule has 128 valence electrons. The van der Waals surface area contributed by atoms with Gasteiger partial charge >= 0.3 is 0 Å². The predicted molar refractivity (Wildman–Crippen MR) is 96.7 cm³/mol. The summed E-state index contributed by atoms with van der Waals surface area (Å²) in [5, 5.41) is 3.09. The van der Waals surface area contributed by atoms with Crippen LogP contribution in [0.2, 0.25) is 0 Å². The zero-order chi connectivity index (χ0) is 17.6. The Morgan fingerprint density at radius 1 is 1.04 bits per heavy atom. The van der Waals surface area contributed by atoms with Crippen LogP contribution in [0.3, 0.4) is 0 Å². The highest BCUT2D eigenvalue weighted by Crippen LogP contribution is 2.18. The van der Waals surface area contributed by atoms with Crippen molar-refractivity contribution in [3.8, 4) is 17.2 Å². The lowest BCUT2D eigenvalue weighted by atomic mass is 10.2. The van der Waals surface area contributed by atoms with Crippen molar-refractivity contribution in [2.45, 2.75) is 6.54 Å². The number of hydrogen-bond acceptors (Lipinski definition) is 5. The van der Waals surface area contributed by atoms with E-state index in [-0.39, 0.29) is 11.4 Å². The molecule has 0 aliphatic rings. The molecule has 3 aromatic rings. The third kappa shape index (κ3) is 3.63. The van der Waals surface area contributed by atoms with Crippen LogP contribution < -0.4 is 20.3 Å². The molecule has 25 heavy (non-hydrogen) atoms. The number of aromatic nitrogens is 2. The zero-order valence-corrected chi connectivity index (χ0v) is 14.1. The maximum absolute atomic E-state index is 12.7. The third-order valence-corrected chi connectivity index (χ3v) is 3.83. The molecule has 1 aromatic heterocycles. The summed E-state index contributed by atoms with van der Waals surface area (Å²) in [7, 11) is 3.23. The second-order valence-corrected chi connectivity index (χ2v) is 5.31. The molecule has 3 rings (SSSR count). The predicted octanol–water partition coefficient (Wildman–Crippen LogP) is 2.86. The normalized spacial score (nSPS) is 10.3. The summed E-state index contributed by atoms with van der Waals surface area (Å²) in [5.41, 5.74) is 1.47. The highest BCUT2D eigenvalue weighted by Gasteiger charge is 2.08. The van der Waals surface area contributed by atoms with Gasteiger partial charge < -0.3 is 14.8 Å². The number of methoxy groups -OCH3 is 2. The Kier molecular flexibility index (Phi) is 4.99. The molecule has 0 bridgehead atoms. The lowest BCUT2D eigenvalue weighted by Gasteiger charge is -2.11. The molecule has 0 radical (unpaired) electrons. The van der Waals surface area contributed by atoms with Crippen LogP contribution in [0.15, 0.2) is 65.7 Å². The number of anilines is 1. The average molecular weight is 337 g/mol. The third-order valence-electron chi connectivity index (χ3n) is 3.83. The van der Waals surface area contributed by atoms with Gasteiger partial charge in [-0.05, 0) is 30.3 Å². The molecule has 0 saturated heterocycles. The maximum Gasteiger partial charge on any atom is 0.297 e. The number of nitrogens with zero attached hydrogens (tertiary/aromatic N) is 2. The number of para-hydroxylation sites is 1. The summed E-state index contributed by atoms with van der Waals surface area (Å²) in [6.45, 7) is 0.443. The van der Waals surface area contributed by atoms with E-state index < -0.39 is 0 Å². The van der Waals surface area contributed by atoms with Crippen LogP contribution in [0.1, 0.15) is 5.56 Å². The number of ether oxygens (including phenoxy) is 2. The van der Waals surface area contributed by atoms with Crippen LogP contribution in [-0.2, 0) is 6.54 Å². The Morgan fingerprint density at radius 3 is 2.52 bits per heavy atom. The van der Waals surface area contributed by atoms with Gasteiger partial charge in [0.05, 0.1) is 14.2 Å². The molecule has 0 atom stereocenters. The monoisotopic (exact) mass is 337 g/mol. The summed E-state index contributed by atoms with van der Waals surface area (Å²) in [4.78, 5) is 16.8. The van der Waals surface area contributed by atoms with Crippen LogP contribution in [0.25, 0.3) is 5.69 Å². The SMILES string of the molecule is COc1ccc(-n2ccnc(NCc3ccccc3OC)c2=O)cc1. The summed E-state index contributed by atoms with van der Waals surface area (Å²) in [5.74, 6) is 1.78. The van der Waals surface area contributed by atoms with Gasteiger partial charge in [-0.25, -0.2) is 4.98 Å². The summed E-state index contributed by atoms with van der Waals surface area (Å²) in [6.07, 6.45) is 3.23. The van der Waals surface area contributed by atoms with Gasteiger partial charge in [-0.15, -0.1) is 0 Å². The fourth-order valence-corrected chi connectivity index (χ4v) is 2.51.